The molecule has 3 N–H and O–H groups in total. The lowest BCUT2D eigenvalue weighted by Gasteiger charge is -2.13. The van der Waals surface area contributed by atoms with Crippen LogP contribution in [0.25, 0.3) is 0 Å². The van der Waals surface area contributed by atoms with Crippen molar-refractivity contribution >= 4 is 27.8 Å². The second kappa shape index (κ2) is 5.74. The molecule has 2 atom stereocenters. The average molecular weight is 319 g/mol. The van der Waals surface area contributed by atoms with E-state index in [0.717, 1.165) is 19.3 Å². The highest BCUT2D eigenvalue weighted by Gasteiger charge is 2.33. The number of rotatable bonds is 5. The van der Waals surface area contributed by atoms with Gasteiger partial charge in [-0.3, -0.25) is 5.10 Å². The maximum atomic E-state index is 12.3. The first-order valence-corrected chi connectivity index (χ1v) is 8.95. The summed E-state index contributed by atoms with van der Waals surface area (Å²) in [6.45, 7) is 1.49. The van der Waals surface area contributed by atoms with E-state index in [1.807, 2.05) is 6.26 Å². The minimum atomic E-state index is -3.87. The second-order valence-corrected chi connectivity index (χ2v) is 7.61. The van der Waals surface area contributed by atoms with E-state index in [2.05, 4.69) is 14.9 Å². The lowest BCUT2D eigenvalue weighted by molar-refractivity contribution is 0.0686. The molecule has 112 valence electrons. The van der Waals surface area contributed by atoms with Crippen molar-refractivity contribution in [3.8, 4) is 0 Å². The third kappa shape index (κ3) is 2.99. The molecule has 0 bridgehead atoms. The van der Waals surface area contributed by atoms with E-state index >= 15 is 0 Å². The first-order valence-electron chi connectivity index (χ1n) is 6.18. The number of carboxylic acids is 1. The molecule has 0 aliphatic heterocycles. The van der Waals surface area contributed by atoms with Crippen LogP contribution in [0.3, 0.4) is 0 Å². The number of hydrogen-bond acceptors (Lipinski definition) is 5. The number of nitrogens with zero attached hydrogens (tertiary/aromatic N) is 1. The van der Waals surface area contributed by atoms with Crippen LogP contribution >= 0.6 is 11.8 Å². The molecule has 7 nitrogen and oxygen atoms in total. The van der Waals surface area contributed by atoms with Crippen molar-refractivity contribution < 1.29 is 18.3 Å². The number of carboxylic acid groups (broad SMARTS) is 1. The van der Waals surface area contributed by atoms with Crippen LogP contribution in [-0.4, -0.2) is 47.2 Å². The van der Waals surface area contributed by atoms with Gasteiger partial charge in [0.15, 0.2) is 5.69 Å². The third-order valence-electron chi connectivity index (χ3n) is 3.40. The van der Waals surface area contributed by atoms with Gasteiger partial charge in [-0.1, -0.05) is 0 Å². The summed E-state index contributed by atoms with van der Waals surface area (Å²) in [4.78, 5) is 10.8. The SMILES string of the molecule is CSC1CCC(NS(=O)(=O)c2c(C(=O)O)n[nH]c2C)C1. The Morgan fingerprint density at radius 2 is 2.20 bits per heavy atom. The van der Waals surface area contributed by atoms with Crippen LogP contribution in [0.15, 0.2) is 4.90 Å². The van der Waals surface area contributed by atoms with Crippen molar-refractivity contribution in [2.24, 2.45) is 0 Å². The zero-order valence-corrected chi connectivity index (χ0v) is 12.8. The first kappa shape index (κ1) is 15.3. The average Bonchev–Trinajstić information content (AvgIpc) is 2.95. The number of aryl methyl sites for hydroxylation is 1. The van der Waals surface area contributed by atoms with Crippen molar-refractivity contribution in [1.29, 1.82) is 0 Å². The summed E-state index contributed by atoms with van der Waals surface area (Å²) in [6, 6.07) is -0.145. The molecule has 0 spiro atoms. The molecule has 1 aliphatic carbocycles. The van der Waals surface area contributed by atoms with Crippen molar-refractivity contribution in [1.82, 2.24) is 14.9 Å². The molecule has 0 amide bonds. The van der Waals surface area contributed by atoms with E-state index in [-0.39, 0.29) is 16.6 Å². The van der Waals surface area contributed by atoms with Gasteiger partial charge >= 0.3 is 5.97 Å². The van der Waals surface area contributed by atoms with Crippen LogP contribution in [0.2, 0.25) is 0 Å². The number of sulfonamides is 1. The van der Waals surface area contributed by atoms with Gasteiger partial charge in [-0.15, -0.1) is 0 Å². The Hall–Kier alpha value is -1.06. The van der Waals surface area contributed by atoms with Crippen LogP contribution in [-0.2, 0) is 10.0 Å². The van der Waals surface area contributed by atoms with Crippen molar-refractivity contribution in [3.63, 3.8) is 0 Å². The molecule has 2 rings (SSSR count). The molecule has 1 aromatic heterocycles. The van der Waals surface area contributed by atoms with E-state index in [1.165, 1.54) is 6.92 Å². The number of carbonyl (C=O) groups is 1. The third-order valence-corrected chi connectivity index (χ3v) is 6.18. The molecule has 1 fully saturated rings. The van der Waals surface area contributed by atoms with Gasteiger partial charge in [0.25, 0.3) is 0 Å². The first-order chi connectivity index (χ1) is 9.35. The van der Waals surface area contributed by atoms with Crippen molar-refractivity contribution in [2.45, 2.75) is 42.4 Å². The zero-order chi connectivity index (χ0) is 14.9. The molecule has 2 unspecified atom stereocenters. The van der Waals surface area contributed by atoms with Crippen LogP contribution in [0.1, 0.15) is 35.4 Å². The Labute approximate surface area is 121 Å². The summed E-state index contributed by atoms with van der Waals surface area (Å²) < 4.78 is 27.3. The number of aromatic nitrogens is 2. The lowest BCUT2D eigenvalue weighted by Crippen LogP contribution is -2.34. The number of H-pyrrole nitrogens is 1. The predicted molar refractivity (Wildman–Crippen MR) is 75.5 cm³/mol. The van der Waals surface area contributed by atoms with E-state index in [4.69, 9.17) is 5.11 Å². The summed E-state index contributed by atoms with van der Waals surface area (Å²) in [6.07, 6.45) is 4.50. The van der Waals surface area contributed by atoms with Gasteiger partial charge in [0, 0.05) is 11.3 Å². The number of aromatic amines is 1. The standard InChI is InChI=1S/C11H17N3O4S2/c1-6-10(9(11(15)16)13-12-6)20(17,18)14-7-3-4-8(5-7)19-2/h7-8,14H,3-5H2,1-2H3,(H,12,13)(H,15,16). The Balaban J connectivity index is 2.23. The lowest BCUT2D eigenvalue weighted by atomic mass is 10.3. The molecule has 1 heterocycles. The summed E-state index contributed by atoms with van der Waals surface area (Å²) in [5.74, 6) is -1.36. The van der Waals surface area contributed by atoms with Gasteiger partial charge in [0.05, 0.1) is 5.69 Å². The molecule has 1 aromatic rings. The Kier molecular flexibility index (Phi) is 4.40. The van der Waals surface area contributed by atoms with Crippen LogP contribution in [0, 0.1) is 6.92 Å². The van der Waals surface area contributed by atoms with E-state index in [9.17, 15) is 13.2 Å². The Morgan fingerprint density at radius 3 is 2.75 bits per heavy atom. The smallest absolute Gasteiger partial charge is 0.357 e. The quantitative estimate of drug-likeness (QED) is 0.746. The monoisotopic (exact) mass is 319 g/mol. The normalized spacial score (nSPS) is 23.1. The number of aromatic carboxylic acids is 1. The molecular formula is C11H17N3O4S2. The van der Waals surface area contributed by atoms with Gasteiger partial charge in [-0.05, 0) is 32.4 Å². The van der Waals surface area contributed by atoms with Crippen LogP contribution in [0.4, 0.5) is 0 Å². The molecule has 0 radical (unpaired) electrons. The summed E-state index contributed by atoms with van der Waals surface area (Å²) in [7, 11) is -3.87. The summed E-state index contributed by atoms with van der Waals surface area (Å²) >= 11 is 1.72. The maximum absolute atomic E-state index is 12.3. The number of nitrogens with one attached hydrogen (secondary N) is 2. The fourth-order valence-electron chi connectivity index (χ4n) is 2.43. The van der Waals surface area contributed by atoms with Crippen LogP contribution in [0.5, 0.6) is 0 Å². The molecule has 1 aliphatic rings. The highest BCUT2D eigenvalue weighted by atomic mass is 32.2. The Bertz CT molecular complexity index is 611. The van der Waals surface area contributed by atoms with E-state index in [0.29, 0.717) is 5.25 Å². The van der Waals surface area contributed by atoms with Gasteiger partial charge < -0.3 is 5.11 Å². The highest BCUT2D eigenvalue weighted by molar-refractivity contribution is 7.99. The molecule has 0 aromatic carbocycles. The van der Waals surface area contributed by atoms with Gasteiger partial charge in [-0.2, -0.15) is 16.9 Å². The fraction of sp³-hybridized carbons (Fsp3) is 0.636. The minimum Gasteiger partial charge on any atom is -0.476 e. The topological polar surface area (TPSA) is 112 Å². The predicted octanol–water partition coefficient (Wildman–Crippen LogP) is 0.979. The number of hydrogen-bond donors (Lipinski definition) is 3. The van der Waals surface area contributed by atoms with Crippen molar-refractivity contribution in [3.05, 3.63) is 11.4 Å². The number of thioether (sulfide) groups is 1. The van der Waals surface area contributed by atoms with E-state index < -0.39 is 21.7 Å². The van der Waals surface area contributed by atoms with Gasteiger partial charge in [-0.25, -0.2) is 17.9 Å². The zero-order valence-electron chi connectivity index (χ0n) is 11.2. The fourth-order valence-corrected chi connectivity index (χ4v) is 4.84. The largest absolute Gasteiger partial charge is 0.476 e. The van der Waals surface area contributed by atoms with E-state index in [1.54, 1.807) is 11.8 Å². The molecule has 0 saturated heterocycles. The summed E-state index contributed by atoms with van der Waals surface area (Å²) in [5.41, 5.74) is -0.233. The van der Waals surface area contributed by atoms with Crippen LogP contribution < -0.4 is 4.72 Å². The minimum absolute atomic E-state index is 0.145. The highest BCUT2D eigenvalue weighted by Crippen LogP contribution is 2.29. The summed E-state index contributed by atoms with van der Waals surface area (Å²) in [5, 5.41) is 15.4. The molecular weight excluding hydrogens is 302 g/mol. The maximum Gasteiger partial charge on any atom is 0.357 e. The second-order valence-electron chi connectivity index (χ2n) is 4.82. The molecule has 9 heteroatoms. The Morgan fingerprint density at radius 1 is 1.50 bits per heavy atom. The van der Waals surface area contributed by atoms with Crippen molar-refractivity contribution in [2.75, 3.05) is 6.26 Å². The molecule has 20 heavy (non-hydrogen) atoms. The van der Waals surface area contributed by atoms with Gasteiger partial charge in [0.2, 0.25) is 10.0 Å². The van der Waals surface area contributed by atoms with Gasteiger partial charge in [0.1, 0.15) is 4.90 Å². The molecule has 1 saturated carbocycles.